The van der Waals surface area contributed by atoms with Crippen LogP contribution in [0, 0.1) is 5.82 Å². The number of nitrogens with zero attached hydrogens (tertiary/aromatic N) is 1. The summed E-state index contributed by atoms with van der Waals surface area (Å²) in [6.07, 6.45) is 1.14. The summed E-state index contributed by atoms with van der Waals surface area (Å²) >= 11 is 0. The monoisotopic (exact) mass is 482 g/mol. The molecule has 1 aromatic heterocycles. The Kier molecular flexibility index (Phi) is 6.41. The van der Waals surface area contributed by atoms with Gasteiger partial charge in [-0.05, 0) is 42.8 Å². The lowest BCUT2D eigenvalue weighted by Gasteiger charge is -2.23. The number of hydroxylamine groups is 1. The number of hydrogen-bond acceptors (Lipinski definition) is 5. The van der Waals surface area contributed by atoms with Gasteiger partial charge in [0.25, 0.3) is 5.91 Å². The van der Waals surface area contributed by atoms with E-state index in [9.17, 15) is 17.6 Å². The smallest absolute Gasteiger partial charge is 0.279 e. The van der Waals surface area contributed by atoms with Crippen LogP contribution in [0.15, 0.2) is 71.1 Å². The first-order valence-corrected chi connectivity index (χ1v) is 12.3. The number of carbonyl (C=O) groups is 1. The highest BCUT2D eigenvalue weighted by atomic mass is 32.2. The van der Waals surface area contributed by atoms with Crippen molar-refractivity contribution >= 4 is 32.6 Å². The molecule has 7 nitrogen and oxygen atoms in total. The highest BCUT2D eigenvalue weighted by molar-refractivity contribution is 7.92. The SMILES string of the molecule is CCN(c1cc2oc(-c3ccc(F)cc3)c(C(=O)NOC)c2cc1-c1ccccc1)S(C)(=O)=O. The van der Waals surface area contributed by atoms with Gasteiger partial charge in [-0.15, -0.1) is 0 Å². The van der Waals surface area contributed by atoms with Gasteiger partial charge >= 0.3 is 0 Å². The Balaban J connectivity index is 2.08. The molecular weight excluding hydrogens is 459 g/mol. The Bertz CT molecular complexity index is 1450. The first-order chi connectivity index (χ1) is 16.2. The second-order valence-electron chi connectivity index (χ2n) is 7.61. The first kappa shape index (κ1) is 23.5. The van der Waals surface area contributed by atoms with Crippen molar-refractivity contribution < 1.29 is 26.9 Å². The Morgan fingerprint density at radius 1 is 1.06 bits per heavy atom. The molecule has 0 bridgehead atoms. The van der Waals surface area contributed by atoms with E-state index in [0.29, 0.717) is 27.8 Å². The number of carbonyl (C=O) groups excluding carboxylic acids is 1. The van der Waals surface area contributed by atoms with Crippen LogP contribution in [0.1, 0.15) is 17.3 Å². The van der Waals surface area contributed by atoms with Gasteiger partial charge in [-0.3, -0.25) is 13.9 Å². The summed E-state index contributed by atoms with van der Waals surface area (Å²) in [6.45, 7) is 1.94. The molecule has 0 radical (unpaired) electrons. The maximum atomic E-state index is 13.5. The molecule has 0 aliphatic carbocycles. The van der Waals surface area contributed by atoms with Crippen LogP contribution in [0.3, 0.4) is 0 Å². The van der Waals surface area contributed by atoms with Gasteiger partial charge in [-0.1, -0.05) is 30.3 Å². The van der Waals surface area contributed by atoms with Crippen molar-refractivity contribution in [3.8, 4) is 22.5 Å². The lowest BCUT2D eigenvalue weighted by molar-refractivity contribution is 0.0539. The second-order valence-corrected chi connectivity index (χ2v) is 9.51. The van der Waals surface area contributed by atoms with E-state index in [0.717, 1.165) is 11.8 Å². The van der Waals surface area contributed by atoms with Crippen LogP contribution in [0.4, 0.5) is 10.1 Å². The van der Waals surface area contributed by atoms with Crippen molar-refractivity contribution in [2.45, 2.75) is 6.92 Å². The topological polar surface area (TPSA) is 88.8 Å². The number of amides is 1. The minimum atomic E-state index is -3.60. The normalized spacial score (nSPS) is 11.5. The average molecular weight is 483 g/mol. The molecule has 0 atom stereocenters. The van der Waals surface area contributed by atoms with Crippen molar-refractivity contribution in [3.05, 3.63) is 78.1 Å². The van der Waals surface area contributed by atoms with E-state index in [-0.39, 0.29) is 17.9 Å². The van der Waals surface area contributed by atoms with E-state index in [1.165, 1.54) is 35.7 Å². The number of rotatable bonds is 7. The first-order valence-electron chi connectivity index (χ1n) is 10.5. The lowest BCUT2D eigenvalue weighted by atomic mass is 9.98. The number of benzene rings is 3. The summed E-state index contributed by atoms with van der Waals surface area (Å²) in [5.74, 6) is -0.769. The van der Waals surface area contributed by atoms with E-state index < -0.39 is 21.7 Å². The summed E-state index contributed by atoms with van der Waals surface area (Å²) in [5.41, 5.74) is 5.09. The van der Waals surface area contributed by atoms with Gasteiger partial charge in [0, 0.05) is 29.1 Å². The number of fused-ring (bicyclic) bond motifs is 1. The van der Waals surface area contributed by atoms with Crippen LogP contribution in [0.5, 0.6) is 0 Å². The Labute approximate surface area is 196 Å². The highest BCUT2D eigenvalue weighted by Crippen LogP contribution is 2.41. The van der Waals surface area contributed by atoms with Crippen molar-refractivity contribution in [1.82, 2.24) is 5.48 Å². The Hall–Kier alpha value is -3.69. The van der Waals surface area contributed by atoms with Crippen molar-refractivity contribution in [2.75, 3.05) is 24.2 Å². The largest absolute Gasteiger partial charge is 0.455 e. The van der Waals surface area contributed by atoms with Gasteiger partial charge in [0.2, 0.25) is 10.0 Å². The zero-order valence-corrected chi connectivity index (χ0v) is 19.6. The summed E-state index contributed by atoms with van der Waals surface area (Å²) in [6, 6.07) is 18.2. The van der Waals surface area contributed by atoms with Crippen LogP contribution < -0.4 is 9.79 Å². The van der Waals surface area contributed by atoms with E-state index in [4.69, 9.17) is 9.25 Å². The summed E-state index contributed by atoms with van der Waals surface area (Å²) < 4.78 is 46.0. The van der Waals surface area contributed by atoms with E-state index >= 15 is 0 Å². The van der Waals surface area contributed by atoms with Crippen LogP contribution in [-0.4, -0.2) is 34.2 Å². The zero-order chi connectivity index (χ0) is 24.5. The molecule has 1 heterocycles. The van der Waals surface area contributed by atoms with Gasteiger partial charge in [0.15, 0.2) is 0 Å². The van der Waals surface area contributed by atoms with Crippen molar-refractivity contribution in [1.29, 1.82) is 0 Å². The maximum absolute atomic E-state index is 13.5. The molecule has 9 heteroatoms. The molecule has 1 amide bonds. The molecule has 0 aliphatic rings. The molecule has 1 N–H and O–H groups in total. The highest BCUT2D eigenvalue weighted by Gasteiger charge is 2.27. The molecule has 0 spiro atoms. The minimum absolute atomic E-state index is 0.189. The molecule has 0 unspecified atom stereocenters. The van der Waals surface area contributed by atoms with Crippen LogP contribution in [0.2, 0.25) is 0 Å². The molecular formula is C25H23FN2O5S. The lowest BCUT2D eigenvalue weighted by Crippen LogP contribution is -2.30. The van der Waals surface area contributed by atoms with Gasteiger partial charge in [0.05, 0.1) is 24.6 Å². The molecule has 4 aromatic rings. The van der Waals surface area contributed by atoms with E-state index in [1.807, 2.05) is 30.3 Å². The summed E-state index contributed by atoms with van der Waals surface area (Å²) in [7, 11) is -2.29. The molecule has 3 aromatic carbocycles. The van der Waals surface area contributed by atoms with E-state index in [1.54, 1.807) is 19.1 Å². The number of nitrogens with one attached hydrogen (secondary N) is 1. The fourth-order valence-corrected chi connectivity index (χ4v) is 4.92. The number of sulfonamides is 1. The molecule has 0 aliphatic heterocycles. The number of anilines is 1. The molecule has 0 fully saturated rings. The molecule has 4 rings (SSSR count). The third-order valence-electron chi connectivity index (χ3n) is 5.38. The third kappa shape index (κ3) is 4.40. The van der Waals surface area contributed by atoms with E-state index in [2.05, 4.69) is 5.48 Å². The Morgan fingerprint density at radius 3 is 2.32 bits per heavy atom. The van der Waals surface area contributed by atoms with Crippen molar-refractivity contribution in [2.24, 2.45) is 0 Å². The molecule has 0 saturated carbocycles. The number of furan rings is 1. The standard InChI is InChI=1S/C25H23FN2O5S/c1-4-28(34(3,30)31)21-15-22-20(14-19(21)16-8-6-5-7-9-16)23(25(29)27-32-2)24(33-22)17-10-12-18(26)13-11-17/h5-15H,4H2,1-3H3,(H,27,29). The fraction of sp³-hybridized carbons (Fsp3) is 0.160. The molecule has 176 valence electrons. The fourth-order valence-electron chi connectivity index (χ4n) is 3.94. The van der Waals surface area contributed by atoms with Gasteiger partial charge in [-0.25, -0.2) is 18.3 Å². The summed E-state index contributed by atoms with van der Waals surface area (Å²) in [5, 5.41) is 0.459. The summed E-state index contributed by atoms with van der Waals surface area (Å²) in [4.78, 5) is 17.8. The average Bonchev–Trinajstić information content (AvgIpc) is 3.18. The van der Waals surface area contributed by atoms with Crippen LogP contribution >= 0.6 is 0 Å². The molecule has 34 heavy (non-hydrogen) atoms. The Morgan fingerprint density at radius 2 is 1.74 bits per heavy atom. The minimum Gasteiger partial charge on any atom is -0.455 e. The zero-order valence-electron chi connectivity index (χ0n) is 18.8. The van der Waals surface area contributed by atoms with Gasteiger partial charge < -0.3 is 4.42 Å². The second kappa shape index (κ2) is 9.28. The third-order valence-corrected chi connectivity index (χ3v) is 6.63. The predicted octanol–water partition coefficient (Wildman–Crippen LogP) is 4.98. The maximum Gasteiger partial charge on any atom is 0.279 e. The van der Waals surface area contributed by atoms with Gasteiger partial charge in [0.1, 0.15) is 17.2 Å². The number of halogens is 1. The molecule has 0 saturated heterocycles. The quantitative estimate of drug-likeness (QED) is 0.375. The van der Waals surface area contributed by atoms with Crippen LogP contribution in [0.25, 0.3) is 33.4 Å². The van der Waals surface area contributed by atoms with Crippen molar-refractivity contribution in [3.63, 3.8) is 0 Å². The predicted molar refractivity (Wildman–Crippen MR) is 129 cm³/mol. The van der Waals surface area contributed by atoms with Gasteiger partial charge in [-0.2, -0.15) is 0 Å². The van der Waals surface area contributed by atoms with Crippen LogP contribution in [-0.2, 0) is 14.9 Å². The number of hydrogen-bond donors (Lipinski definition) is 1.